The lowest BCUT2D eigenvalue weighted by Crippen LogP contribution is -2.37. The van der Waals surface area contributed by atoms with Gasteiger partial charge in [0.15, 0.2) is 0 Å². The highest BCUT2D eigenvalue weighted by atomic mass is 15.1. The topological polar surface area (TPSA) is 15.3 Å². The summed E-state index contributed by atoms with van der Waals surface area (Å²) in [7, 11) is 2.23. The lowest BCUT2D eigenvalue weighted by atomic mass is 9.98. The first-order chi connectivity index (χ1) is 8.31. The summed E-state index contributed by atoms with van der Waals surface area (Å²) in [4.78, 5) is 2.43. The molecule has 1 fully saturated rings. The Labute approximate surface area is 105 Å². The molecule has 1 heterocycles. The molecule has 0 bridgehead atoms. The molecule has 0 aromatic heterocycles. The molecule has 2 heteroatoms. The van der Waals surface area contributed by atoms with Crippen LogP contribution in [0, 0.1) is 5.92 Å². The van der Waals surface area contributed by atoms with Crippen LogP contribution in [0.1, 0.15) is 25.3 Å². The standard InChI is InChI=1S/C15H24N2/c1-3-14-8-4-5-9-15(14)17(2)12-13-7-6-10-16-11-13/h4-5,8-9,13,16H,3,6-7,10-12H2,1-2H3. The minimum absolute atomic E-state index is 0.804. The van der Waals surface area contributed by atoms with Crippen LogP contribution >= 0.6 is 0 Å². The molecular weight excluding hydrogens is 208 g/mol. The monoisotopic (exact) mass is 232 g/mol. The Hall–Kier alpha value is -1.02. The van der Waals surface area contributed by atoms with Crippen molar-refractivity contribution in [2.75, 3.05) is 31.6 Å². The summed E-state index contributed by atoms with van der Waals surface area (Å²) in [5.41, 5.74) is 2.86. The van der Waals surface area contributed by atoms with Crippen molar-refractivity contribution in [3.05, 3.63) is 29.8 Å². The average molecular weight is 232 g/mol. The van der Waals surface area contributed by atoms with E-state index < -0.39 is 0 Å². The van der Waals surface area contributed by atoms with Crippen LogP contribution < -0.4 is 10.2 Å². The molecule has 1 unspecified atom stereocenters. The van der Waals surface area contributed by atoms with Crippen LogP contribution in [0.15, 0.2) is 24.3 Å². The Morgan fingerprint density at radius 3 is 2.88 bits per heavy atom. The summed E-state index contributed by atoms with van der Waals surface area (Å²) in [6.07, 6.45) is 3.81. The van der Waals surface area contributed by atoms with Gasteiger partial charge in [0.1, 0.15) is 0 Å². The Morgan fingerprint density at radius 1 is 1.35 bits per heavy atom. The van der Waals surface area contributed by atoms with Crippen molar-refractivity contribution >= 4 is 5.69 Å². The van der Waals surface area contributed by atoms with Crippen molar-refractivity contribution < 1.29 is 0 Å². The Morgan fingerprint density at radius 2 is 2.18 bits per heavy atom. The lowest BCUT2D eigenvalue weighted by Gasteiger charge is -2.30. The van der Waals surface area contributed by atoms with E-state index >= 15 is 0 Å². The molecule has 0 spiro atoms. The molecule has 1 aromatic carbocycles. The van der Waals surface area contributed by atoms with E-state index in [2.05, 4.69) is 48.5 Å². The van der Waals surface area contributed by atoms with Gasteiger partial charge >= 0.3 is 0 Å². The van der Waals surface area contributed by atoms with E-state index in [1.54, 1.807) is 0 Å². The van der Waals surface area contributed by atoms with Gasteiger partial charge in [0.2, 0.25) is 0 Å². The third kappa shape index (κ3) is 3.22. The molecule has 0 amide bonds. The SMILES string of the molecule is CCc1ccccc1N(C)CC1CCCNC1. The molecule has 0 saturated carbocycles. The number of benzene rings is 1. The third-order valence-corrected chi connectivity index (χ3v) is 3.71. The summed E-state index contributed by atoms with van der Waals surface area (Å²) < 4.78 is 0. The van der Waals surface area contributed by atoms with Gasteiger partial charge in [0.05, 0.1) is 0 Å². The van der Waals surface area contributed by atoms with Crippen molar-refractivity contribution in [3.63, 3.8) is 0 Å². The minimum Gasteiger partial charge on any atom is -0.374 e. The molecule has 1 aromatic rings. The maximum Gasteiger partial charge on any atom is 0.0396 e. The van der Waals surface area contributed by atoms with Crippen LogP contribution in [0.2, 0.25) is 0 Å². The smallest absolute Gasteiger partial charge is 0.0396 e. The first-order valence-corrected chi connectivity index (χ1v) is 6.81. The molecule has 94 valence electrons. The molecule has 1 saturated heterocycles. The van der Waals surface area contributed by atoms with Crippen LogP contribution in [0.25, 0.3) is 0 Å². The summed E-state index contributed by atoms with van der Waals surface area (Å²) in [5, 5.41) is 3.49. The summed E-state index contributed by atoms with van der Waals surface area (Å²) >= 11 is 0. The molecular formula is C15H24N2. The van der Waals surface area contributed by atoms with E-state index in [-0.39, 0.29) is 0 Å². The fourth-order valence-corrected chi connectivity index (χ4v) is 2.75. The summed E-state index contributed by atoms with van der Waals surface area (Å²) in [5.74, 6) is 0.804. The van der Waals surface area contributed by atoms with Crippen LogP contribution in [0.3, 0.4) is 0 Å². The van der Waals surface area contributed by atoms with Crippen molar-refractivity contribution in [2.24, 2.45) is 5.92 Å². The Bertz CT molecular complexity index is 343. The average Bonchev–Trinajstić information content (AvgIpc) is 2.40. The van der Waals surface area contributed by atoms with E-state index in [0.717, 1.165) is 12.3 Å². The number of piperidine rings is 1. The highest BCUT2D eigenvalue weighted by Gasteiger charge is 2.16. The highest BCUT2D eigenvalue weighted by Crippen LogP contribution is 2.22. The second-order valence-electron chi connectivity index (χ2n) is 5.08. The maximum absolute atomic E-state index is 3.49. The van der Waals surface area contributed by atoms with Crippen LogP contribution in [-0.4, -0.2) is 26.7 Å². The molecule has 2 nitrogen and oxygen atoms in total. The van der Waals surface area contributed by atoms with Crippen molar-refractivity contribution in [3.8, 4) is 0 Å². The predicted molar refractivity (Wildman–Crippen MR) is 74.7 cm³/mol. The van der Waals surface area contributed by atoms with Crippen LogP contribution in [-0.2, 0) is 6.42 Å². The Kier molecular flexibility index (Phi) is 4.43. The molecule has 0 radical (unpaired) electrons. The number of hydrogen-bond donors (Lipinski definition) is 1. The lowest BCUT2D eigenvalue weighted by molar-refractivity contribution is 0.381. The van der Waals surface area contributed by atoms with Gasteiger partial charge in [-0.3, -0.25) is 0 Å². The number of aryl methyl sites for hydroxylation is 1. The number of rotatable bonds is 4. The molecule has 0 aliphatic carbocycles. The summed E-state index contributed by atoms with van der Waals surface area (Å²) in [6, 6.07) is 8.77. The number of anilines is 1. The number of nitrogens with zero attached hydrogens (tertiary/aromatic N) is 1. The molecule has 1 atom stereocenters. The normalized spacial score (nSPS) is 20.2. The molecule has 1 aliphatic rings. The zero-order chi connectivity index (χ0) is 12.1. The Balaban J connectivity index is 2.00. The van der Waals surface area contributed by atoms with Gasteiger partial charge < -0.3 is 10.2 Å². The second kappa shape index (κ2) is 6.06. The highest BCUT2D eigenvalue weighted by molar-refractivity contribution is 5.53. The van der Waals surface area contributed by atoms with Crippen molar-refractivity contribution in [1.29, 1.82) is 0 Å². The summed E-state index contributed by atoms with van der Waals surface area (Å²) in [6.45, 7) is 5.78. The van der Waals surface area contributed by atoms with Gasteiger partial charge in [0, 0.05) is 19.3 Å². The fraction of sp³-hybridized carbons (Fsp3) is 0.600. The minimum atomic E-state index is 0.804. The van der Waals surface area contributed by atoms with Gasteiger partial charge in [-0.05, 0) is 49.9 Å². The largest absolute Gasteiger partial charge is 0.374 e. The number of para-hydroxylation sites is 1. The van der Waals surface area contributed by atoms with E-state index in [1.807, 2.05) is 0 Å². The van der Waals surface area contributed by atoms with E-state index in [9.17, 15) is 0 Å². The van der Waals surface area contributed by atoms with Crippen LogP contribution in [0.4, 0.5) is 5.69 Å². The first kappa shape index (κ1) is 12.4. The van der Waals surface area contributed by atoms with Gasteiger partial charge in [-0.1, -0.05) is 25.1 Å². The molecule has 17 heavy (non-hydrogen) atoms. The second-order valence-corrected chi connectivity index (χ2v) is 5.08. The van der Waals surface area contributed by atoms with E-state index in [0.29, 0.717) is 0 Å². The van der Waals surface area contributed by atoms with Gasteiger partial charge in [0.25, 0.3) is 0 Å². The first-order valence-electron chi connectivity index (χ1n) is 6.81. The molecule has 1 N–H and O–H groups in total. The zero-order valence-electron chi connectivity index (χ0n) is 11.1. The van der Waals surface area contributed by atoms with Gasteiger partial charge in [-0.2, -0.15) is 0 Å². The predicted octanol–water partition coefficient (Wildman–Crippen LogP) is 2.68. The molecule has 1 aliphatic heterocycles. The fourth-order valence-electron chi connectivity index (χ4n) is 2.75. The van der Waals surface area contributed by atoms with Crippen LogP contribution in [0.5, 0.6) is 0 Å². The quantitative estimate of drug-likeness (QED) is 0.858. The van der Waals surface area contributed by atoms with E-state index in [4.69, 9.17) is 0 Å². The zero-order valence-corrected chi connectivity index (χ0v) is 11.1. The van der Waals surface area contributed by atoms with Gasteiger partial charge in [-0.25, -0.2) is 0 Å². The number of hydrogen-bond acceptors (Lipinski definition) is 2. The van der Waals surface area contributed by atoms with Gasteiger partial charge in [-0.15, -0.1) is 0 Å². The number of nitrogens with one attached hydrogen (secondary N) is 1. The van der Waals surface area contributed by atoms with Crippen molar-refractivity contribution in [2.45, 2.75) is 26.2 Å². The molecule has 2 rings (SSSR count). The maximum atomic E-state index is 3.49. The third-order valence-electron chi connectivity index (χ3n) is 3.71. The van der Waals surface area contributed by atoms with Crippen molar-refractivity contribution in [1.82, 2.24) is 5.32 Å². The van der Waals surface area contributed by atoms with E-state index in [1.165, 1.54) is 43.7 Å².